The molecule has 2 rings (SSSR count). The molecule has 5 heteroatoms. The summed E-state index contributed by atoms with van der Waals surface area (Å²) < 4.78 is 0.846. The van der Waals surface area contributed by atoms with E-state index in [1.54, 1.807) is 4.90 Å². The Bertz CT molecular complexity index is 411. The van der Waals surface area contributed by atoms with Crippen LogP contribution in [0.3, 0.4) is 0 Å². The SMILES string of the molecule is O=C1CNCCCN1c1ccc(Br)c(Cl)c1. The summed E-state index contributed by atoms with van der Waals surface area (Å²) in [4.78, 5) is 13.6. The van der Waals surface area contributed by atoms with Crippen molar-refractivity contribution in [1.82, 2.24) is 5.32 Å². The van der Waals surface area contributed by atoms with E-state index in [9.17, 15) is 4.79 Å². The number of amides is 1. The molecule has 0 saturated carbocycles. The number of hydrogen-bond donors (Lipinski definition) is 1. The molecular formula is C11H12BrClN2O. The smallest absolute Gasteiger partial charge is 0.240 e. The Morgan fingerprint density at radius 1 is 1.44 bits per heavy atom. The number of nitrogens with one attached hydrogen (secondary N) is 1. The van der Waals surface area contributed by atoms with E-state index in [1.165, 1.54) is 0 Å². The molecule has 1 N–H and O–H groups in total. The van der Waals surface area contributed by atoms with Crippen molar-refractivity contribution in [3.8, 4) is 0 Å². The second kappa shape index (κ2) is 5.17. The Morgan fingerprint density at radius 2 is 2.25 bits per heavy atom. The van der Waals surface area contributed by atoms with Gasteiger partial charge in [0, 0.05) is 16.7 Å². The normalized spacial score (nSPS) is 17.4. The van der Waals surface area contributed by atoms with Crippen molar-refractivity contribution >= 4 is 39.1 Å². The molecule has 1 saturated heterocycles. The number of carbonyl (C=O) groups is 1. The van der Waals surface area contributed by atoms with Crippen LogP contribution in [-0.2, 0) is 4.79 Å². The quantitative estimate of drug-likeness (QED) is 0.864. The summed E-state index contributed by atoms with van der Waals surface area (Å²) in [5, 5.41) is 3.72. The Hall–Kier alpha value is -0.580. The summed E-state index contributed by atoms with van der Waals surface area (Å²) in [6.07, 6.45) is 0.958. The van der Waals surface area contributed by atoms with E-state index < -0.39 is 0 Å². The fraction of sp³-hybridized carbons (Fsp3) is 0.364. The second-order valence-corrected chi connectivity index (χ2v) is 4.94. The summed E-state index contributed by atoms with van der Waals surface area (Å²) in [5.74, 6) is 0.0934. The zero-order valence-corrected chi connectivity index (χ0v) is 11.0. The lowest BCUT2D eigenvalue weighted by atomic mass is 10.2. The number of carbonyl (C=O) groups excluding carboxylic acids is 1. The minimum Gasteiger partial charge on any atom is -0.311 e. The average molecular weight is 304 g/mol. The maximum Gasteiger partial charge on any atom is 0.240 e. The molecule has 0 unspecified atom stereocenters. The van der Waals surface area contributed by atoms with Crippen LogP contribution in [0.4, 0.5) is 5.69 Å². The van der Waals surface area contributed by atoms with Crippen molar-refractivity contribution in [2.75, 3.05) is 24.5 Å². The number of rotatable bonds is 1. The fourth-order valence-electron chi connectivity index (χ4n) is 1.70. The monoisotopic (exact) mass is 302 g/mol. The molecule has 1 aliphatic rings. The van der Waals surface area contributed by atoms with E-state index in [1.807, 2.05) is 18.2 Å². The maximum atomic E-state index is 11.8. The van der Waals surface area contributed by atoms with Crippen LogP contribution in [0.15, 0.2) is 22.7 Å². The summed E-state index contributed by atoms with van der Waals surface area (Å²) in [5.41, 5.74) is 0.863. The van der Waals surface area contributed by atoms with Gasteiger partial charge in [0.2, 0.25) is 5.91 Å². The van der Waals surface area contributed by atoms with Crippen LogP contribution in [0.5, 0.6) is 0 Å². The molecular weight excluding hydrogens is 291 g/mol. The molecule has 0 radical (unpaired) electrons. The number of anilines is 1. The minimum atomic E-state index is 0.0934. The van der Waals surface area contributed by atoms with Crippen molar-refractivity contribution in [3.05, 3.63) is 27.7 Å². The third-order valence-corrected chi connectivity index (χ3v) is 3.76. The number of halogens is 2. The lowest BCUT2D eigenvalue weighted by Crippen LogP contribution is -2.34. The molecule has 0 aromatic heterocycles. The number of benzene rings is 1. The van der Waals surface area contributed by atoms with E-state index in [-0.39, 0.29) is 5.91 Å². The van der Waals surface area contributed by atoms with Crippen LogP contribution < -0.4 is 10.2 Å². The Morgan fingerprint density at radius 3 is 3.00 bits per heavy atom. The van der Waals surface area contributed by atoms with Crippen molar-refractivity contribution in [2.45, 2.75) is 6.42 Å². The van der Waals surface area contributed by atoms with Crippen LogP contribution in [0.2, 0.25) is 5.02 Å². The van der Waals surface area contributed by atoms with Gasteiger partial charge >= 0.3 is 0 Å². The first-order valence-electron chi connectivity index (χ1n) is 5.14. The summed E-state index contributed by atoms with van der Waals surface area (Å²) in [6, 6.07) is 5.58. The van der Waals surface area contributed by atoms with Crippen LogP contribution in [-0.4, -0.2) is 25.5 Å². The van der Waals surface area contributed by atoms with E-state index in [0.717, 1.165) is 29.7 Å². The lowest BCUT2D eigenvalue weighted by molar-refractivity contribution is -0.117. The topological polar surface area (TPSA) is 32.3 Å². The molecule has 0 atom stereocenters. The van der Waals surface area contributed by atoms with Crippen LogP contribution in [0, 0.1) is 0 Å². The number of nitrogens with zero attached hydrogens (tertiary/aromatic N) is 1. The van der Waals surface area contributed by atoms with Gasteiger partial charge in [0.25, 0.3) is 0 Å². The van der Waals surface area contributed by atoms with E-state index in [2.05, 4.69) is 21.2 Å². The summed E-state index contributed by atoms with van der Waals surface area (Å²) in [7, 11) is 0. The highest BCUT2D eigenvalue weighted by Gasteiger charge is 2.18. The molecule has 3 nitrogen and oxygen atoms in total. The third-order valence-electron chi connectivity index (χ3n) is 2.53. The van der Waals surface area contributed by atoms with E-state index in [0.29, 0.717) is 11.6 Å². The first kappa shape index (κ1) is 11.9. The first-order valence-corrected chi connectivity index (χ1v) is 6.32. The maximum absolute atomic E-state index is 11.8. The molecule has 0 bridgehead atoms. The summed E-state index contributed by atoms with van der Waals surface area (Å²) >= 11 is 9.36. The van der Waals surface area contributed by atoms with Gasteiger partial charge in [-0.3, -0.25) is 4.79 Å². The van der Waals surface area contributed by atoms with Crippen molar-refractivity contribution in [2.24, 2.45) is 0 Å². The standard InChI is InChI=1S/C11H12BrClN2O/c12-9-3-2-8(6-10(9)13)15-5-1-4-14-7-11(15)16/h2-3,6,14H,1,4-5,7H2. The molecule has 86 valence electrons. The highest BCUT2D eigenvalue weighted by Crippen LogP contribution is 2.27. The zero-order valence-electron chi connectivity index (χ0n) is 8.67. The van der Waals surface area contributed by atoms with Crippen LogP contribution in [0.1, 0.15) is 6.42 Å². The van der Waals surface area contributed by atoms with Gasteiger partial charge in [-0.05, 0) is 47.1 Å². The first-order chi connectivity index (χ1) is 7.68. The van der Waals surface area contributed by atoms with E-state index >= 15 is 0 Å². The molecule has 1 amide bonds. The zero-order chi connectivity index (χ0) is 11.5. The molecule has 1 aromatic rings. The Labute approximate surface area is 108 Å². The molecule has 1 fully saturated rings. The lowest BCUT2D eigenvalue weighted by Gasteiger charge is -2.20. The van der Waals surface area contributed by atoms with Crippen molar-refractivity contribution in [3.63, 3.8) is 0 Å². The third kappa shape index (κ3) is 2.56. The van der Waals surface area contributed by atoms with Gasteiger partial charge in [0.05, 0.1) is 11.6 Å². The molecule has 16 heavy (non-hydrogen) atoms. The highest BCUT2D eigenvalue weighted by molar-refractivity contribution is 9.10. The van der Waals surface area contributed by atoms with Gasteiger partial charge in [-0.15, -0.1) is 0 Å². The fourth-order valence-corrected chi connectivity index (χ4v) is 2.13. The highest BCUT2D eigenvalue weighted by atomic mass is 79.9. The predicted molar refractivity (Wildman–Crippen MR) is 69.0 cm³/mol. The molecule has 1 aromatic carbocycles. The Balaban J connectivity index is 2.27. The largest absolute Gasteiger partial charge is 0.311 e. The number of hydrogen-bond acceptors (Lipinski definition) is 2. The van der Waals surface area contributed by atoms with Gasteiger partial charge in [0.1, 0.15) is 0 Å². The van der Waals surface area contributed by atoms with E-state index in [4.69, 9.17) is 11.6 Å². The van der Waals surface area contributed by atoms with Crippen molar-refractivity contribution in [1.29, 1.82) is 0 Å². The Kier molecular flexibility index (Phi) is 3.84. The minimum absolute atomic E-state index is 0.0934. The van der Waals surface area contributed by atoms with Gasteiger partial charge in [-0.1, -0.05) is 11.6 Å². The molecule has 0 aliphatic carbocycles. The second-order valence-electron chi connectivity index (χ2n) is 3.67. The predicted octanol–water partition coefficient (Wildman–Crippen LogP) is 2.43. The van der Waals surface area contributed by atoms with Gasteiger partial charge in [0.15, 0.2) is 0 Å². The van der Waals surface area contributed by atoms with Gasteiger partial charge in [-0.2, -0.15) is 0 Å². The van der Waals surface area contributed by atoms with Gasteiger partial charge < -0.3 is 10.2 Å². The molecule has 1 heterocycles. The average Bonchev–Trinajstić information content (AvgIpc) is 2.47. The molecule has 0 spiro atoms. The summed E-state index contributed by atoms with van der Waals surface area (Å²) in [6.45, 7) is 2.02. The van der Waals surface area contributed by atoms with Crippen LogP contribution in [0.25, 0.3) is 0 Å². The van der Waals surface area contributed by atoms with Gasteiger partial charge in [-0.25, -0.2) is 0 Å². The molecule has 1 aliphatic heterocycles. The van der Waals surface area contributed by atoms with Crippen LogP contribution >= 0.6 is 27.5 Å². The van der Waals surface area contributed by atoms with Crippen molar-refractivity contribution < 1.29 is 4.79 Å².